The highest BCUT2D eigenvalue weighted by atomic mass is 32.2. The molecule has 0 spiro atoms. The van der Waals surface area contributed by atoms with Crippen molar-refractivity contribution in [3.05, 3.63) is 59.2 Å². The molecule has 0 bridgehead atoms. The highest BCUT2D eigenvalue weighted by Crippen LogP contribution is 2.21. The fraction of sp³-hybridized carbons (Fsp3) is 0.278. The van der Waals surface area contributed by atoms with Crippen molar-refractivity contribution < 1.29 is 13.2 Å². The quantitative estimate of drug-likeness (QED) is 0.903. The van der Waals surface area contributed by atoms with E-state index in [9.17, 15) is 13.2 Å². The Labute approximate surface area is 143 Å². The number of rotatable bonds is 5. The fourth-order valence-electron chi connectivity index (χ4n) is 2.35. The maximum Gasteiger partial charge on any atom is 0.255 e. The van der Waals surface area contributed by atoms with E-state index < -0.39 is 10.0 Å². The second-order valence-corrected chi connectivity index (χ2v) is 7.98. The molecule has 0 aliphatic carbocycles. The van der Waals surface area contributed by atoms with Crippen LogP contribution >= 0.6 is 0 Å². The molecule has 1 N–H and O–H groups in total. The molecule has 0 aliphatic rings. The fourth-order valence-corrected chi connectivity index (χ4v) is 3.17. The van der Waals surface area contributed by atoms with Crippen LogP contribution < -0.4 is 9.62 Å². The summed E-state index contributed by atoms with van der Waals surface area (Å²) < 4.78 is 25.1. The zero-order chi connectivity index (χ0) is 17.9. The summed E-state index contributed by atoms with van der Waals surface area (Å²) in [6, 6.07) is 12.4. The van der Waals surface area contributed by atoms with E-state index in [1.807, 2.05) is 32.0 Å². The Bertz CT molecular complexity index is 860. The Morgan fingerprint density at radius 3 is 2.46 bits per heavy atom. The van der Waals surface area contributed by atoms with Crippen molar-refractivity contribution in [2.24, 2.45) is 0 Å². The molecular formula is C18H22N2O3S. The van der Waals surface area contributed by atoms with Gasteiger partial charge >= 0.3 is 0 Å². The lowest BCUT2D eigenvalue weighted by Gasteiger charge is -2.19. The number of carbonyl (C=O) groups excluding carboxylic acids is 1. The predicted octanol–water partition coefficient (Wildman–Crippen LogP) is 3.34. The molecule has 2 aromatic carbocycles. The Morgan fingerprint density at radius 1 is 1.12 bits per heavy atom. The van der Waals surface area contributed by atoms with E-state index in [0.29, 0.717) is 11.3 Å². The smallest absolute Gasteiger partial charge is 0.255 e. The van der Waals surface area contributed by atoms with Crippen LogP contribution in [0.1, 0.15) is 28.4 Å². The third-order valence-electron chi connectivity index (χ3n) is 3.88. The lowest BCUT2D eigenvalue weighted by Crippen LogP contribution is -2.28. The van der Waals surface area contributed by atoms with Gasteiger partial charge in [-0.2, -0.15) is 0 Å². The molecule has 0 heterocycles. The van der Waals surface area contributed by atoms with Gasteiger partial charge in [-0.15, -0.1) is 0 Å². The third-order valence-corrected chi connectivity index (χ3v) is 5.66. The third kappa shape index (κ3) is 3.94. The number of anilines is 2. The van der Waals surface area contributed by atoms with Crippen molar-refractivity contribution >= 4 is 27.3 Å². The number of nitrogens with zero attached hydrogens (tertiary/aromatic N) is 1. The monoisotopic (exact) mass is 346 g/mol. The highest BCUT2D eigenvalue weighted by Gasteiger charge is 2.17. The average Bonchev–Trinajstić information content (AvgIpc) is 2.56. The molecular weight excluding hydrogens is 324 g/mol. The molecule has 2 rings (SSSR count). The minimum absolute atomic E-state index is 0.00247. The van der Waals surface area contributed by atoms with Crippen LogP contribution in [0.4, 0.5) is 11.4 Å². The van der Waals surface area contributed by atoms with Gasteiger partial charge in [-0.25, -0.2) is 8.42 Å². The first-order valence-corrected chi connectivity index (χ1v) is 9.31. The van der Waals surface area contributed by atoms with E-state index >= 15 is 0 Å². The van der Waals surface area contributed by atoms with Gasteiger partial charge in [0.2, 0.25) is 10.0 Å². The molecule has 0 aromatic heterocycles. The van der Waals surface area contributed by atoms with Crippen molar-refractivity contribution in [3.63, 3.8) is 0 Å². The molecule has 0 radical (unpaired) electrons. The van der Waals surface area contributed by atoms with Gasteiger partial charge in [-0.3, -0.25) is 9.10 Å². The number of amides is 1. The van der Waals surface area contributed by atoms with Crippen LogP contribution in [-0.2, 0) is 10.0 Å². The van der Waals surface area contributed by atoms with Gasteiger partial charge in [0.25, 0.3) is 5.91 Å². The standard InChI is InChI=1S/C18H22N2O3S/c1-5-24(22,23)20(4)16-8-6-7-15(12-16)18(21)19-17-10-9-13(2)11-14(17)3/h6-12H,5H2,1-4H3,(H,19,21). The highest BCUT2D eigenvalue weighted by molar-refractivity contribution is 7.92. The van der Waals surface area contributed by atoms with E-state index in [4.69, 9.17) is 0 Å². The Morgan fingerprint density at radius 2 is 1.83 bits per heavy atom. The molecule has 128 valence electrons. The number of hydrogen-bond acceptors (Lipinski definition) is 3. The molecule has 0 saturated carbocycles. The zero-order valence-electron chi connectivity index (χ0n) is 14.3. The summed E-state index contributed by atoms with van der Waals surface area (Å²) in [6.45, 7) is 5.51. The number of nitrogens with one attached hydrogen (secondary N) is 1. The van der Waals surface area contributed by atoms with Crippen LogP contribution in [-0.4, -0.2) is 27.1 Å². The first kappa shape index (κ1) is 18.0. The predicted molar refractivity (Wildman–Crippen MR) is 98.2 cm³/mol. The summed E-state index contributed by atoms with van der Waals surface area (Å²) in [5, 5.41) is 2.87. The van der Waals surface area contributed by atoms with Crippen LogP contribution in [0.15, 0.2) is 42.5 Å². The van der Waals surface area contributed by atoms with Crippen molar-refractivity contribution in [1.82, 2.24) is 0 Å². The number of sulfonamides is 1. The maximum absolute atomic E-state index is 12.5. The normalized spacial score (nSPS) is 11.2. The Kier molecular flexibility index (Phi) is 5.29. The zero-order valence-corrected chi connectivity index (χ0v) is 15.1. The van der Waals surface area contributed by atoms with Crippen molar-refractivity contribution in [2.75, 3.05) is 22.4 Å². The van der Waals surface area contributed by atoms with Crippen molar-refractivity contribution in [1.29, 1.82) is 0 Å². The van der Waals surface area contributed by atoms with Gasteiger partial charge in [-0.05, 0) is 50.6 Å². The van der Waals surface area contributed by atoms with Crippen LogP contribution in [0.5, 0.6) is 0 Å². The minimum Gasteiger partial charge on any atom is -0.322 e. The second kappa shape index (κ2) is 7.05. The SMILES string of the molecule is CCS(=O)(=O)N(C)c1cccc(C(=O)Nc2ccc(C)cc2C)c1. The van der Waals surface area contributed by atoms with Gasteiger partial charge < -0.3 is 5.32 Å². The number of aryl methyl sites for hydroxylation is 2. The van der Waals surface area contributed by atoms with Crippen LogP contribution in [0.3, 0.4) is 0 Å². The van der Waals surface area contributed by atoms with Gasteiger partial charge in [0.05, 0.1) is 11.4 Å². The van der Waals surface area contributed by atoms with Gasteiger partial charge in [0, 0.05) is 18.3 Å². The molecule has 0 unspecified atom stereocenters. The number of carbonyl (C=O) groups is 1. The lowest BCUT2D eigenvalue weighted by molar-refractivity contribution is 0.102. The lowest BCUT2D eigenvalue weighted by atomic mass is 10.1. The van der Waals surface area contributed by atoms with Gasteiger partial charge in [-0.1, -0.05) is 23.8 Å². The molecule has 0 saturated heterocycles. The van der Waals surface area contributed by atoms with Crippen molar-refractivity contribution in [2.45, 2.75) is 20.8 Å². The first-order chi connectivity index (χ1) is 11.2. The summed E-state index contributed by atoms with van der Waals surface area (Å²) in [7, 11) is -1.88. The molecule has 0 fully saturated rings. The van der Waals surface area contributed by atoms with Gasteiger partial charge in [0.15, 0.2) is 0 Å². The molecule has 1 amide bonds. The minimum atomic E-state index is -3.36. The molecule has 24 heavy (non-hydrogen) atoms. The number of hydrogen-bond donors (Lipinski definition) is 1. The topological polar surface area (TPSA) is 66.5 Å². The molecule has 2 aromatic rings. The summed E-state index contributed by atoms with van der Waals surface area (Å²) in [5.74, 6) is -0.270. The van der Waals surface area contributed by atoms with E-state index in [0.717, 1.165) is 16.8 Å². The van der Waals surface area contributed by atoms with Crippen LogP contribution in [0.2, 0.25) is 0 Å². The van der Waals surface area contributed by atoms with Crippen molar-refractivity contribution in [3.8, 4) is 0 Å². The largest absolute Gasteiger partial charge is 0.322 e. The average molecular weight is 346 g/mol. The van der Waals surface area contributed by atoms with E-state index in [1.165, 1.54) is 11.4 Å². The van der Waals surface area contributed by atoms with E-state index in [2.05, 4.69) is 5.32 Å². The van der Waals surface area contributed by atoms with Crippen LogP contribution in [0.25, 0.3) is 0 Å². The summed E-state index contributed by atoms with van der Waals surface area (Å²) in [6.07, 6.45) is 0. The van der Waals surface area contributed by atoms with E-state index in [1.54, 1.807) is 31.2 Å². The Hall–Kier alpha value is -2.34. The Balaban J connectivity index is 2.26. The summed E-state index contributed by atoms with van der Waals surface area (Å²) >= 11 is 0. The van der Waals surface area contributed by atoms with Crippen LogP contribution in [0, 0.1) is 13.8 Å². The van der Waals surface area contributed by atoms with Gasteiger partial charge in [0.1, 0.15) is 0 Å². The molecule has 5 nitrogen and oxygen atoms in total. The maximum atomic E-state index is 12.5. The summed E-state index contributed by atoms with van der Waals surface area (Å²) in [4.78, 5) is 12.5. The summed E-state index contributed by atoms with van der Waals surface area (Å²) in [5.41, 5.74) is 3.71. The van der Waals surface area contributed by atoms with E-state index in [-0.39, 0.29) is 11.7 Å². The molecule has 0 atom stereocenters. The molecule has 0 aliphatic heterocycles. The number of benzene rings is 2. The molecule has 6 heteroatoms. The first-order valence-electron chi connectivity index (χ1n) is 7.70. The second-order valence-electron chi connectivity index (χ2n) is 5.69.